The van der Waals surface area contributed by atoms with E-state index in [0.29, 0.717) is 11.3 Å². The number of para-hydroxylation sites is 1. The molecule has 2 N–H and O–H groups in total. The van der Waals surface area contributed by atoms with Crippen LogP contribution in [0, 0.1) is 5.82 Å². The number of hydrogen-bond acceptors (Lipinski definition) is 3. The third kappa shape index (κ3) is 2.32. The monoisotopic (exact) mass is 305 g/mol. The van der Waals surface area contributed by atoms with Crippen LogP contribution >= 0.6 is 0 Å². The lowest BCUT2D eigenvalue weighted by molar-refractivity contribution is 0.455. The molecule has 2 heterocycles. The minimum absolute atomic E-state index is 0.173. The maximum Gasteiger partial charge on any atom is 0.237 e. The molecular formula is C18H12FN3O. The molecule has 0 amide bonds. The van der Waals surface area contributed by atoms with E-state index in [1.807, 2.05) is 24.3 Å². The topological polar surface area (TPSA) is 61.3 Å². The molecule has 1 aromatic heterocycles. The maximum atomic E-state index is 13.8. The number of rotatable bonds is 2. The van der Waals surface area contributed by atoms with Gasteiger partial charge in [0.1, 0.15) is 17.3 Å². The van der Waals surface area contributed by atoms with Gasteiger partial charge in [-0.2, -0.15) is 4.98 Å². The second-order valence-electron chi connectivity index (χ2n) is 5.18. The molecule has 0 bridgehead atoms. The van der Waals surface area contributed by atoms with Crippen LogP contribution in [0.5, 0.6) is 5.88 Å². The fourth-order valence-electron chi connectivity index (χ4n) is 2.57. The van der Waals surface area contributed by atoms with Crippen molar-refractivity contribution in [2.24, 2.45) is 4.99 Å². The minimum atomic E-state index is -0.395. The lowest BCUT2D eigenvalue weighted by Gasteiger charge is -1.98. The van der Waals surface area contributed by atoms with Crippen LogP contribution in [-0.2, 0) is 0 Å². The Balaban J connectivity index is 1.77. The number of nitrogens with zero attached hydrogens (tertiary/aromatic N) is 2. The molecule has 0 fully saturated rings. The van der Waals surface area contributed by atoms with Gasteiger partial charge in [-0.3, -0.25) is 4.99 Å². The van der Waals surface area contributed by atoms with Crippen molar-refractivity contribution in [1.29, 1.82) is 0 Å². The van der Waals surface area contributed by atoms with Gasteiger partial charge in [0.15, 0.2) is 0 Å². The van der Waals surface area contributed by atoms with Crippen molar-refractivity contribution in [3.8, 4) is 17.3 Å². The summed E-state index contributed by atoms with van der Waals surface area (Å²) in [5, 5.41) is 10.0. The van der Waals surface area contributed by atoms with E-state index < -0.39 is 5.82 Å². The number of nitrogens with one attached hydrogen (secondary N) is 1. The Labute approximate surface area is 131 Å². The number of hydrogen-bond donors (Lipinski definition) is 2. The van der Waals surface area contributed by atoms with E-state index >= 15 is 0 Å². The Hall–Kier alpha value is -3.21. The van der Waals surface area contributed by atoms with Gasteiger partial charge in [0, 0.05) is 17.4 Å². The van der Waals surface area contributed by atoms with Crippen LogP contribution in [0.25, 0.3) is 23.0 Å². The molecule has 0 spiro atoms. The minimum Gasteiger partial charge on any atom is -0.492 e. The lowest BCUT2D eigenvalue weighted by atomic mass is 10.1. The highest BCUT2D eigenvalue weighted by Gasteiger charge is 2.15. The third-order valence-corrected chi connectivity index (χ3v) is 3.70. The van der Waals surface area contributed by atoms with Gasteiger partial charge >= 0.3 is 0 Å². The summed E-state index contributed by atoms with van der Waals surface area (Å²) in [5.41, 5.74) is 3.45. The SMILES string of the molecule is Oc1nc(-c2ccccc2F)[nH]c1/C=C1\C=Nc2ccccc21. The predicted octanol–water partition coefficient (Wildman–Crippen LogP) is 4.18. The average Bonchev–Trinajstić information content (AvgIpc) is 3.13. The first-order valence-electron chi connectivity index (χ1n) is 7.11. The first-order valence-corrected chi connectivity index (χ1v) is 7.11. The van der Waals surface area contributed by atoms with E-state index in [9.17, 15) is 9.50 Å². The first-order chi connectivity index (χ1) is 11.2. The fourth-order valence-corrected chi connectivity index (χ4v) is 2.57. The lowest BCUT2D eigenvalue weighted by Crippen LogP contribution is -1.85. The predicted molar refractivity (Wildman–Crippen MR) is 88.1 cm³/mol. The fraction of sp³-hybridized carbons (Fsp3) is 0. The summed E-state index contributed by atoms with van der Waals surface area (Å²) >= 11 is 0. The molecule has 0 atom stereocenters. The smallest absolute Gasteiger partial charge is 0.237 e. The number of imidazole rings is 1. The van der Waals surface area contributed by atoms with E-state index in [-0.39, 0.29) is 11.7 Å². The molecule has 0 aliphatic carbocycles. The molecular weight excluding hydrogens is 293 g/mol. The number of aromatic amines is 1. The van der Waals surface area contributed by atoms with E-state index in [1.165, 1.54) is 6.07 Å². The molecule has 112 valence electrons. The van der Waals surface area contributed by atoms with E-state index in [2.05, 4.69) is 15.0 Å². The van der Waals surface area contributed by atoms with E-state index in [4.69, 9.17) is 0 Å². The Morgan fingerprint density at radius 2 is 1.74 bits per heavy atom. The van der Waals surface area contributed by atoms with Crippen molar-refractivity contribution in [2.45, 2.75) is 0 Å². The van der Waals surface area contributed by atoms with Crippen LogP contribution in [0.1, 0.15) is 11.3 Å². The third-order valence-electron chi connectivity index (χ3n) is 3.70. The van der Waals surface area contributed by atoms with Crippen molar-refractivity contribution in [3.63, 3.8) is 0 Å². The normalized spacial score (nSPS) is 14.4. The molecule has 0 unspecified atom stereocenters. The Kier molecular flexibility index (Phi) is 3.05. The van der Waals surface area contributed by atoms with E-state index in [1.54, 1.807) is 30.5 Å². The molecule has 0 saturated carbocycles. The molecule has 3 aromatic rings. The van der Waals surface area contributed by atoms with Gasteiger partial charge in [0.25, 0.3) is 0 Å². The highest BCUT2D eigenvalue weighted by atomic mass is 19.1. The molecule has 1 aliphatic heterocycles. The van der Waals surface area contributed by atoms with Gasteiger partial charge in [-0.25, -0.2) is 4.39 Å². The molecule has 4 rings (SSSR count). The van der Waals surface area contributed by atoms with Crippen LogP contribution in [0.3, 0.4) is 0 Å². The summed E-state index contributed by atoms with van der Waals surface area (Å²) in [6.45, 7) is 0. The van der Waals surface area contributed by atoms with Crippen LogP contribution in [0.4, 0.5) is 10.1 Å². The van der Waals surface area contributed by atoms with Crippen LogP contribution in [0.15, 0.2) is 53.5 Å². The van der Waals surface area contributed by atoms with Gasteiger partial charge < -0.3 is 10.1 Å². The number of fused-ring (bicyclic) bond motifs is 1. The largest absolute Gasteiger partial charge is 0.492 e. The number of allylic oxidation sites excluding steroid dienone is 1. The molecule has 1 aliphatic rings. The number of halogens is 1. The van der Waals surface area contributed by atoms with Crippen LogP contribution < -0.4 is 0 Å². The highest BCUT2D eigenvalue weighted by molar-refractivity contribution is 6.21. The Morgan fingerprint density at radius 1 is 1.00 bits per heavy atom. The van der Waals surface area contributed by atoms with Gasteiger partial charge in [0.05, 0.1) is 11.3 Å². The molecule has 4 nitrogen and oxygen atoms in total. The average molecular weight is 305 g/mol. The molecule has 0 radical (unpaired) electrons. The number of H-pyrrole nitrogens is 1. The van der Waals surface area contributed by atoms with E-state index in [0.717, 1.165) is 16.8 Å². The second kappa shape index (κ2) is 5.21. The van der Waals surface area contributed by atoms with Gasteiger partial charge in [-0.15, -0.1) is 0 Å². The summed E-state index contributed by atoms with van der Waals surface area (Å²) in [6.07, 6.45) is 3.48. The highest BCUT2D eigenvalue weighted by Crippen LogP contribution is 2.33. The van der Waals surface area contributed by atoms with Crippen molar-refractivity contribution in [1.82, 2.24) is 9.97 Å². The summed E-state index contributed by atoms with van der Waals surface area (Å²) in [7, 11) is 0. The molecule has 23 heavy (non-hydrogen) atoms. The summed E-state index contributed by atoms with van der Waals surface area (Å²) in [5.74, 6) is -0.280. The maximum absolute atomic E-state index is 13.8. The summed E-state index contributed by atoms with van der Waals surface area (Å²) < 4.78 is 13.8. The van der Waals surface area contributed by atoms with Crippen molar-refractivity contribution in [3.05, 3.63) is 65.6 Å². The number of aromatic hydroxyl groups is 1. The van der Waals surface area contributed by atoms with Gasteiger partial charge in [-0.1, -0.05) is 30.3 Å². The number of aliphatic imine (C=N–C) groups is 1. The number of aromatic nitrogens is 2. The van der Waals surface area contributed by atoms with Crippen LogP contribution in [-0.4, -0.2) is 21.3 Å². The second-order valence-corrected chi connectivity index (χ2v) is 5.18. The number of benzene rings is 2. The zero-order chi connectivity index (χ0) is 15.8. The molecule has 5 heteroatoms. The van der Waals surface area contributed by atoms with Crippen molar-refractivity contribution < 1.29 is 9.50 Å². The van der Waals surface area contributed by atoms with Crippen molar-refractivity contribution in [2.75, 3.05) is 0 Å². The summed E-state index contributed by atoms with van der Waals surface area (Å²) in [4.78, 5) is 11.3. The zero-order valence-electron chi connectivity index (χ0n) is 12.0. The van der Waals surface area contributed by atoms with Gasteiger partial charge in [0.2, 0.25) is 5.88 Å². The Bertz CT molecular complexity index is 956. The first kappa shape index (κ1) is 13.5. The summed E-state index contributed by atoms with van der Waals surface area (Å²) in [6, 6.07) is 14.0. The van der Waals surface area contributed by atoms with Crippen molar-refractivity contribution >= 4 is 23.6 Å². The molecule has 0 saturated heterocycles. The standard InChI is InChI=1S/C18H12FN3O/c19-14-7-3-1-6-13(14)17-21-16(18(23)22-17)9-11-10-20-15-8-4-2-5-12(11)15/h1-10,23H,(H,21,22)/b11-9+. The van der Waals surface area contributed by atoms with Crippen LogP contribution in [0.2, 0.25) is 0 Å². The van der Waals surface area contributed by atoms with Gasteiger partial charge in [-0.05, 0) is 24.3 Å². The Morgan fingerprint density at radius 3 is 2.57 bits per heavy atom. The molecule has 2 aromatic carbocycles. The zero-order valence-corrected chi connectivity index (χ0v) is 12.0. The quantitative estimate of drug-likeness (QED) is 0.746.